The summed E-state index contributed by atoms with van der Waals surface area (Å²) in [6.45, 7) is 1.96. The Morgan fingerprint density at radius 1 is 1.29 bits per heavy atom. The average molecular weight is 277 g/mol. The van der Waals surface area contributed by atoms with Gasteiger partial charge in [-0.1, -0.05) is 6.92 Å². The van der Waals surface area contributed by atoms with Gasteiger partial charge in [0, 0.05) is 41.5 Å². The van der Waals surface area contributed by atoms with Gasteiger partial charge in [0.1, 0.15) is 17.5 Å². The molecule has 6 nitrogen and oxygen atoms in total. The van der Waals surface area contributed by atoms with Crippen molar-refractivity contribution in [1.82, 2.24) is 19.9 Å². The molecular formula is C15H11N5O. The Balaban J connectivity index is 2.38. The van der Waals surface area contributed by atoms with Gasteiger partial charge in [0.2, 0.25) is 0 Å². The van der Waals surface area contributed by atoms with Crippen molar-refractivity contribution in [3.05, 3.63) is 52.6 Å². The van der Waals surface area contributed by atoms with Gasteiger partial charge in [-0.25, -0.2) is 9.97 Å². The highest BCUT2D eigenvalue weighted by Gasteiger charge is 2.15. The second-order valence-electron chi connectivity index (χ2n) is 4.48. The summed E-state index contributed by atoms with van der Waals surface area (Å²) >= 11 is 0. The zero-order chi connectivity index (χ0) is 14.8. The van der Waals surface area contributed by atoms with Crippen LogP contribution in [0.5, 0.6) is 0 Å². The van der Waals surface area contributed by atoms with E-state index in [4.69, 9.17) is 0 Å². The van der Waals surface area contributed by atoms with Gasteiger partial charge < -0.3 is 4.98 Å². The number of fused-ring (bicyclic) bond motifs is 1. The van der Waals surface area contributed by atoms with Crippen molar-refractivity contribution in [3.63, 3.8) is 0 Å². The molecule has 0 amide bonds. The number of nitrogens with zero attached hydrogens (tertiary/aromatic N) is 4. The largest absolute Gasteiger partial charge is 0.319 e. The molecule has 0 saturated carbocycles. The van der Waals surface area contributed by atoms with Crippen LogP contribution >= 0.6 is 0 Å². The van der Waals surface area contributed by atoms with Crippen LogP contribution in [-0.4, -0.2) is 19.9 Å². The van der Waals surface area contributed by atoms with Gasteiger partial charge in [0.15, 0.2) is 0 Å². The van der Waals surface area contributed by atoms with Crippen molar-refractivity contribution >= 4 is 10.9 Å². The van der Waals surface area contributed by atoms with Crippen molar-refractivity contribution in [1.29, 1.82) is 5.26 Å². The number of nitrogens with one attached hydrogen (secondary N) is 1. The van der Waals surface area contributed by atoms with Crippen LogP contribution in [0.1, 0.15) is 18.3 Å². The molecule has 0 aromatic carbocycles. The molecule has 21 heavy (non-hydrogen) atoms. The number of aromatic amines is 1. The monoisotopic (exact) mass is 277 g/mol. The predicted molar refractivity (Wildman–Crippen MR) is 77.5 cm³/mol. The van der Waals surface area contributed by atoms with Gasteiger partial charge in [0.05, 0.1) is 11.7 Å². The number of rotatable bonds is 2. The number of H-pyrrole nitrogens is 1. The molecule has 0 aliphatic carbocycles. The predicted octanol–water partition coefficient (Wildman–Crippen LogP) is 1.81. The van der Waals surface area contributed by atoms with Gasteiger partial charge in [-0.05, 0) is 6.07 Å². The quantitative estimate of drug-likeness (QED) is 0.770. The first-order chi connectivity index (χ1) is 10.2. The Bertz CT molecular complexity index is 906. The molecule has 0 atom stereocenters. The fraction of sp³-hybridized carbons (Fsp3) is 0.133. The molecule has 0 spiro atoms. The van der Waals surface area contributed by atoms with E-state index in [2.05, 4.69) is 19.9 Å². The minimum atomic E-state index is -0.437. The number of aromatic nitrogens is 4. The molecule has 1 N–H and O–H groups in total. The number of hydrogen-bond donors (Lipinski definition) is 1. The highest BCUT2D eigenvalue weighted by Crippen LogP contribution is 2.27. The minimum absolute atomic E-state index is 0.0570. The standard InChI is InChI=1S/C15H11N5O/c1-2-13-18-6-9(7-19-13)14-10-3-4-17-8-12(10)20-15(21)11(14)5-16/h3-4,6-8H,2H2,1H3,(H,20,21). The van der Waals surface area contributed by atoms with Crippen molar-refractivity contribution in [2.75, 3.05) is 0 Å². The SMILES string of the molecule is CCc1ncc(-c2c(C#N)c(=O)[nH]c3cnccc23)cn1. The van der Waals surface area contributed by atoms with E-state index in [-0.39, 0.29) is 5.56 Å². The molecule has 0 radical (unpaired) electrons. The third-order valence-electron chi connectivity index (χ3n) is 3.24. The van der Waals surface area contributed by atoms with Crippen molar-refractivity contribution in [2.45, 2.75) is 13.3 Å². The molecule has 3 rings (SSSR count). The molecule has 0 bridgehead atoms. The fourth-order valence-corrected chi connectivity index (χ4v) is 2.22. The smallest absolute Gasteiger partial charge is 0.267 e. The number of aryl methyl sites for hydroxylation is 1. The third-order valence-corrected chi connectivity index (χ3v) is 3.24. The Kier molecular flexibility index (Phi) is 3.16. The third kappa shape index (κ3) is 2.15. The maximum absolute atomic E-state index is 12.0. The van der Waals surface area contributed by atoms with E-state index in [0.29, 0.717) is 22.5 Å². The summed E-state index contributed by atoms with van der Waals surface area (Å²) in [7, 11) is 0. The Hall–Kier alpha value is -3.07. The highest BCUT2D eigenvalue weighted by atomic mass is 16.1. The molecular weight excluding hydrogens is 266 g/mol. The lowest BCUT2D eigenvalue weighted by Gasteiger charge is -2.08. The van der Waals surface area contributed by atoms with Crippen LogP contribution in [0.2, 0.25) is 0 Å². The maximum atomic E-state index is 12.0. The lowest BCUT2D eigenvalue weighted by Crippen LogP contribution is -2.12. The van der Waals surface area contributed by atoms with Gasteiger partial charge >= 0.3 is 0 Å². The van der Waals surface area contributed by atoms with Gasteiger partial charge in [-0.15, -0.1) is 0 Å². The van der Waals surface area contributed by atoms with Crippen LogP contribution in [0.3, 0.4) is 0 Å². The normalized spacial score (nSPS) is 10.5. The second kappa shape index (κ2) is 5.13. The topological polar surface area (TPSA) is 95.3 Å². The van der Waals surface area contributed by atoms with Crippen LogP contribution < -0.4 is 5.56 Å². The summed E-state index contributed by atoms with van der Waals surface area (Å²) < 4.78 is 0. The second-order valence-corrected chi connectivity index (χ2v) is 4.48. The van der Waals surface area contributed by atoms with Crippen molar-refractivity contribution < 1.29 is 0 Å². The first-order valence-corrected chi connectivity index (χ1v) is 6.46. The van der Waals surface area contributed by atoms with E-state index in [0.717, 1.165) is 11.8 Å². The van der Waals surface area contributed by atoms with E-state index < -0.39 is 5.56 Å². The van der Waals surface area contributed by atoms with E-state index in [1.54, 1.807) is 30.9 Å². The summed E-state index contributed by atoms with van der Waals surface area (Å²) in [5, 5.41) is 10.0. The first-order valence-electron chi connectivity index (χ1n) is 6.46. The van der Waals surface area contributed by atoms with Crippen LogP contribution in [0.4, 0.5) is 0 Å². The summed E-state index contributed by atoms with van der Waals surface area (Å²) in [6.07, 6.45) is 7.18. The van der Waals surface area contributed by atoms with Crippen LogP contribution in [0.25, 0.3) is 22.0 Å². The van der Waals surface area contributed by atoms with Crippen molar-refractivity contribution in [2.24, 2.45) is 0 Å². The number of hydrogen-bond acceptors (Lipinski definition) is 5. The number of pyridine rings is 2. The molecule has 3 heterocycles. The van der Waals surface area contributed by atoms with Gasteiger partial charge in [0.25, 0.3) is 5.56 Å². The Morgan fingerprint density at radius 2 is 2.05 bits per heavy atom. The Labute approximate surface area is 120 Å². The van der Waals surface area contributed by atoms with Crippen molar-refractivity contribution in [3.8, 4) is 17.2 Å². The summed E-state index contributed by atoms with van der Waals surface area (Å²) in [5.74, 6) is 0.716. The van der Waals surface area contributed by atoms with Crippen LogP contribution in [0, 0.1) is 11.3 Å². The summed E-state index contributed by atoms with van der Waals surface area (Å²) in [6, 6.07) is 3.72. The molecule has 3 aromatic heterocycles. The fourth-order valence-electron chi connectivity index (χ4n) is 2.22. The minimum Gasteiger partial charge on any atom is -0.319 e. The first kappa shape index (κ1) is 12.9. The van der Waals surface area contributed by atoms with Crippen LogP contribution in [-0.2, 0) is 6.42 Å². The molecule has 6 heteroatoms. The molecule has 0 aliphatic rings. The molecule has 0 saturated heterocycles. The maximum Gasteiger partial charge on any atom is 0.267 e. The van der Waals surface area contributed by atoms with E-state index >= 15 is 0 Å². The Morgan fingerprint density at radius 3 is 2.71 bits per heavy atom. The van der Waals surface area contributed by atoms with E-state index in [9.17, 15) is 10.1 Å². The molecule has 3 aromatic rings. The molecule has 102 valence electrons. The molecule has 0 fully saturated rings. The van der Waals surface area contributed by atoms with E-state index in [1.165, 1.54) is 0 Å². The zero-order valence-corrected chi connectivity index (χ0v) is 11.3. The van der Waals surface area contributed by atoms with Gasteiger partial charge in [-0.3, -0.25) is 9.78 Å². The van der Waals surface area contributed by atoms with Crippen LogP contribution in [0.15, 0.2) is 35.6 Å². The lowest BCUT2D eigenvalue weighted by molar-refractivity contribution is 0.941. The summed E-state index contributed by atoms with van der Waals surface area (Å²) in [4.78, 5) is 27.2. The van der Waals surface area contributed by atoms with Gasteiger partial charge in [-0.2, -0.15) is 5.26 Å². The van der Waals surface area contributed by atoms with E-state index in [1.807, 2.05) is 13.0 Å². The number of nitriles is 1. The molecule has 0 unspecified atom stereocenters. The lowest BCUT2D eigenvalue weighted by atomic mass is 10.00. The zero-order valence-electron chi connectivity index (χ0n) is 11.3. The molecule has 0 aliphatic heterocycles. The summed E-state index contributed by atoms with van der Waals surface area (Å²) in [5.41, 5.74) is 1.39. The highest BCUT2D eigenvalue weighted by molar-refractivity contribution is 5.96. The average Bonchev–Trinajstić information content (AvgIpc) is 2.53.